The maximum absolute atomic E-state index is 12.4. The highest BCUT2D eigenvalue weighted by molar-refractivity contribution is 6.32. The summed E-state index contributed by atoms with van der Waals surface area (Å²) in [5.41, 5.74) is 0.827. The van der Waals surface area contributed by atoms with Crippen LogP contribution in [0.2, 0.25) is 5.02 Å². The molecule has 1 aromatic carbocycles. The molecule has 0 spiro atoms. The first-order chi connectivity index (χ1) is 11.7. The number of para-hydroxylation sites is 1. The van der Waals surface area contributed by atoms with E-state index in [1.807, 2.05) is 23.1 Å². The average molecular weight is 347 g/mol. The molecule has 6 nitrogen and oxygen atoms in total. The molecule has 0 aliphatic carbocycles. The molecule has 1 N–H and O–H groups in total. The van der Waals surface area contributed by atoms with Gasteiger partial charge in [-0.15, -0.1) is 0 Å². The third-order valence-corrected chi connectivity index (χ3v) is 4.38. The van der Waals surface area contributed by atoms with Crippen LogP contribution in [-0.4, -0.2) is 40.2 Å². The van der Waals surface area contributed by atoms with Crippen molar-refractivity contribution in [2.24, 2.45) is 0 Å². The summed E-state index contributed by atoms with van der Waals surface area (Å²) < 4.78 is 1.27. The van der Waals surface area contributed by atoms with Crippen LogP contribution >= 0.6 is 11.6 Å². The van der Waals surface area contributed by atoms with Gasteiger partial charge >= 0.3 is 0 Å². The fourth-order valence-corrected chi connectivity index (χ4v) is 2.94. The summed E-state index contributed by atoms with van der Waals surface area (Å²) in [5.74, 6) is 0.222. The Morgan fingerprint density at radius 1 is 1.21 bits per heavy atom. The fraction of sp³-hybridized carbons (Fsp3) is 0.353. The van der Waals surface area contributed by atoms with E-state index in [-0.39, 0.29) is 16.5 Å². The van der Waals surface area contributed by atoms with Gasteiger partial charge in [-0.1, -0.05) is 29.8 Å². The molecular weight excluding hydrogens is 328 g/mol. The number of benzene rings is 1. The lowest BCUT2D eigenvalue weighted by molar-refractivity contribution is -0.127. The second-order valence-electron chi connectivity index (χ2n) is 5.69. The molecule has 126 valence electrons. The number of nitrogens with zero attached hydrogens (tertiary/aromatic N) is 3. The van der Waals surface area contributed by atoms with Crippen LogP contribution in [0.3, 0.4) is 0 Å². The Morgan fingerprint density at radius 2 is 2.00 bits per heavy atom. The third kappa shape index (κ3) is 3.59. The zero-order valence-corrected chi connectivity index (χ0v) is 14.0. The predicted octanol–water partition coefficient (Wildman–Crippen LogP) is 2.31. The molecule has 0 unspecified atom stereocenters. The zero-order chi connectivity index (χ0) is 16.9. The van der Waals surface area contributed by atoms with Crippen molar-refractivity contribution >= 4 is 23.2 Å². The van der Waals surface area contributed by atoms with Crippen molar-refractivity contribution in [2.75, 3.05) is 25.0 Å². The van der Waals surface area contributed by atoms with E-state index in [0.717, 1.165) is 25.9 Å². The molecule has 0 radical (unpaired) electrons. The lowest BCUT2D eigenvalue weighted by Crippen LogP contribution is -2.27. The Kier molecular flexibility index (Phi) is 5.15. The van der Waals surface area contributed by atoms with Crippen LogP contribution < -0.4 is 10.9 Å². The van der Waals surface area contributed by atoms with Gasteiger partial charge in [0, 0.05) is 26.1 Å². The van der Waals surface area contributed by atoms with Gasteiger partial charge in [0.2, 0.25) is 5.91 Å². The molecule has 2 heterocycles. The van der Waals surface area contributed by atoms with Crippen molar-refractivity contribution in [1.29, 1.82) is 0 Å². The monoisotopic (exact) mass is 346 g/mol. The van der Waals surface area contributed by atoms with E-state index < -0.39 is 0 Å². The van der Waals surface area contributed by atoms with E-state index in [1.165, 1.54) is 4.68 Å². The molecule has 1 amide bonds. The van der Waals surface area contributed by atoms with Gasteiger partial charge in [0.05, 0.1) is 17.6 Å². The fourth-order valence-electron chi connectivity index (χ4n) is 2.74. The highest BCUT2D eigenvalue weighted by Gasteiger charge is 2.19. The number of amides is 1. The molecule has 3 rings (SSSR count). The summed E-state index contributed by atoms with van der Waals surface area (Å²) in [6.45, 7) is 2.19. The van der Waals surface area contributed by atoms with Gasteiger partial charge in [0.25, 0.3) is 5.56 Å². The van der Waals surface area contributed by atoms with E-state index in [2.05, 4.69) is 10.4 Å². The number of nitrogens with one attached hydrogen (secondary N) is 1. The Hall–Kier alpha value is -2.34. The number of hydrogen-bond donors (Lipinski definition) is 1. The molecule has 1 aliphatic rings. The van der Waals surface area contributed by atoms with Gasteiger partial charge in [-0.3, -0.25) is 9.59 Å². The van der Waals surface area contributed by atoms with Crippen LogP contribution in [0, 0.1) is 0 Å². The Bertz CT molecular complexity index is 776. The normalized spacial score (nSPS) is 14.2. The van der Waals surface area contributed by atoms with Crippen LogP contribution in [0.4, 0.5) is 5.69 Å². The van der Waals surface area contributed by atoms with E-state index in [0.29, 0.717) is 24.3 Å². The minimum atomic E-state index is -0.359. The molecule has 0 saturated carbocycles. The van der Waals surface area contributed by atoms with Gasteiger partial charge in [-0.05, 0) is 25.0 Å². The van der Waals surface area contributed by atoms with Crippen LogP contribution in [0.15, 0.2) is 41.3 Å². The van der Waals surface area contributed by atoms with Crippen molar-refractivity contribution in [3.05, 3.63) is 51.9 Å². The maximum atomic E-state index is 12.4. The molecule has 1 aromatic heterocycles. The topological polar surface area (TPSA) is 67.2 Å². The van der Waals surface area contributed by atoms with Crippen molar-refractivity contribution < 1.29 is 4.79 Å². The second kappa shape index (κ2) is 7.49. The first kappa shape index (κ1) is 16.5. The molecule has 1 aliphatic heterocycles. The molecule has 0 atom stereocenters. The van der Waals surface area contributed by atoms with Gasteiger partial charge in [0.1, 0.15) is 5.02 Å². The molecule has 0 bridgehead atoms. The summed E-state index contributed by atoms with van der Waals surface area (Å²) in [5, 5.41) is 7.41. The number of rotatable bonds is 6. The molecule has 2 aromatic rings. The Morgan fingerprint density at radius 3 is 2.71 bits per heavy atom. The van der Waals surface area contributed by atoms with Gasteiger partial charge < -0.3 is 10.2 Å². The van der Waals surface area contributed by atoms with Gasteiger partial charge in [-0.25, -0.2) is 0 Å². The Balaban J connectivity index is 1.61. The average Bonchev–Trinajstić information content (AvgIpc) is 3.01. The lowest BCUT2D eigenvalue weighted by atomic mass is 10.3. The number of likely N-dealkylation sites (tertiary alicyclic amines) is 1. The first-order valence-corrected chi connectivity index (χ1v) is 8.39. The van der Waals surface area contributed by atoms with Crippen LogP contribution in [-0.2, 0) is 4.79 Å². The number of carbonyl (C=O) groups excluding carboxylic acids is 1. The van der Waals surface area contributed by atoms with Gasteiger partial charge in [-0.2, -0.15) is 9.78 Å². The number of aromatic nitrogens is 2. The summed E-state index contributed by atoms with van der Waals surface area (Å²) in [7, 11) is 0. The SMILES string of the molecule is O=C1CCCN1CCCNc1cnn(-c2ccccc2)c(=O)c1Cl. The van der Waals surface area contributed by atoms with Crippen molar-refractivity contribution in [3.63, 3.8) is 0 Å². The molecule has 1 saturated heterocycles. The van der Waals surface area contributed by atoms with Crippen LogP contribution in [0.25, 0.3) is 5.69 Å². The number of carbonyl (C=O) groups is 1. The predicted molar refractivity (Wildman–Crippen MR) is 93.8 cm³/mol. The smallest absolute Gasteiger partial charge is 0.292 e. The zero-order valence-electron chi connectivity index (χ0n) is 13.2. The number of hydrogen-bond acceptors (Lipinski definition) is 4. The molecule has 1 fully saturated rings. The largest absolute Gasteiger partial charge is 0.382 e. The van der Waals surface area contributed by atoms with E-state index >= 15 is 0 Å². The molecular formula is C17H19ClN4O2. The van der Waals surface area contributed by atoms with E-state index in [9.17, 15) is 9.59 Å². The van der Waals surface area contributed by atoms with Crippen LogP contribution in [0.5, 0.6) is 0 Å². The summed E-state index contributed by atoms with van der Waals surface area (Å²) >= 11 is 6.18. The third-order valence-electron chi connectivity index (χ3n) is 4.01. The standard InChI is InChI=1S/C17H19ClN4O2/c18-16-14(19-9-5-11-21-10-4-8-15(21)23)12-20-22(17(16)24)13-6-2-1-3-7-13/h1-3,6-7,12,19H,4-5,8-11H2. The van der Waals surface area contributed by atoms with Crippen molar-refractivity contribution in [2.45, 2.75) is 19.3 Å². The maximum Gasteiger partial charge on any atom is 0.292 e. The molecule has 7 heteroatoms. The summed E-state index contributed by atoms with van der Waals surface area (Å²) in [4.78, 5) is 25.8. The van der Waals surface area contributed by atoms with Crippen LogP contribution in [0.1, 0.15) is 19.3 Å². The number of anilines is 1. The minimum Gasteiger partial charge on any atom is -0.382 e. The highest BCUT2D eigenvalue weighted by Crippen LogP contribution is 2.17. The second-order valence-corrected chi connectivity index (χ2v) is 6.07. The van der Waals surface area contributed by atoms with E-state index in [1.54, 1.807) is 18.3 Å². The van der Waals surface area contributed by atoms with Crippen molar-refractivity contribution in [3.8, 4) is 5.69 Å². The number of halogens is 1. The quantitative estimate of drug-likeness (QED) is 0.815. The highest BCUT2D eigenvalue weighted by atomic mass is 35.5. The van der Waals surface area contributed by atoms with Crippen molar-refractivity contribution in [1.82, 2.24) is 14.7 Å². The molecule has 24 heavy (non-hydrogen) atoms. The van der Waals surface area contributed by atoms with E-state index in [4.69, 9.17) is 11.6 Å². The minimum absolute atomic E-state index is 0.117. The Labute approximate surface area is 145 Å². The lowest BCUT2D eigenvalue weighted by Gasteiger charge is -2.16. The summed E-state index contributed by atoms with van der Waals surface area (Å²) in [6.07, 6.45) is 3.95. The first-order valence-electron chi connectivity index (χ1n) is 8.02. The van der Waals surface area contributed by atoms with Gasteiger partial charge in [0.15, 0.2) is 0 Å². The summed E-state index contributed by atoms with van der Waals surface area (Å²) in [6, 6.07) is 9.14.